The molecule has 0 N–H and O–H groups in total. The molecule has 0 aliphatic heterocycles. The van der Waals surface area contributed by atoms with Gasteiger partial charge in [-0.25, -0.2) is 0 Å². The molecular weight excluding hydrogens is 337 g/mol. The number of ketones is 1. The molecule has 4 nitrogen and oxygen atoms in total. The van der Waals surface area contributed by atoms with Crippen molar-refractivity contribution in [1.29, 1.82) is 5.26 Å². The maximum Gasteiger partial charge on any atom is 0.198 e. The standard InChI is InChI=1S/C17H13Cl2NO3/c1-22-12-7-10(5-6-20)16(15(9-12)23-2)17(21)13-4-3-11(18)8-14(13)19/h3-4,7-9H,5H2,1-2H3. The molecule has 0 aromatic heterocycles. The average molecular weight is 350 g/mol. The van der Waals surface area contributed by atoms with Crippen LogP contribution in [0.4, 0.5) is 0 Å². The van der Waals surface area contributed by atoms with Crippen molar-refractivity contribution in [2.45, 2.75) is 6.42 Å². The van der Waals surface area contributed by atoms with E-state index >= 15 is 0 Å². The number of nitriles is 1. The lowest BCUT2D eigenvalue weighted by Gasteiger charge is -2.14. The lowest BCUT2D eigenvalue weighted by molar-refractivity contribution is 0.103. The van der Waals surface area contributed by atoms with Crippen LogP contribution >= 0.6 is 23.2 Å². The molecule has 2 aromatic carbocycles. The zero-order valence-corrected chi connectivity index (χ0v) is 14.0. The van der Waals surface area contributed by atoms with Gasteiger partial charge in [0.2, 0.25) is 0 Å². The van der Waals surface area contributed by atoms with Crippen molar-refractivity contribution in [2.75, 3.05) is 14.2 Å². The molecule has 0 radical (unpaired) electrons. The van der Waals surface area contributed by atoms with E-state index in [0.717, 1.165) is 0 Å². The van der Waals surface area contributed by atoms with Gasteiger partial charge < -0.3 is 9.47 Å². The topological polar surface area (TPSA) is 59.3 Å². The summed E-state index contributed by atoms with van der Waals surface area (Å²) in [5, 5.41) is 9.70. The molecule has 0 amide bonds. The van der Waals surface area contributed by atoms with Crippen molar-refractivity contribution >= 4 is 29.0 Å². The molecule has 0 spiro atoms. The van der Waals surface area contributed by atoms with Gasteiger partial charge in [-0.3, -0.25) is 4.79 Å². The molecule has 23 heavy (non-hydrogen) atoms. The third kappa shape index (κ3) is 3.58. The van der Waals surface area contributed by atoms with Gasteiger partial charge in [-0.2, -0.15) is 5.26 Å². The summed E-state index contributed by atoms with van der Waals surface area (Å²) in [6, 6.07) is 9.91. The van der Waals surface area contributed by atoms with Crippen LogP contribution in [0.3, 0.4) is 0 Å². The Morgan fingerprint density at radius 3 is 2.48 bits per heavy atom. The Bertz CT molecular complexity index is 797. The van der Waals surface area contributed by atoms with Crippen LogP contribution in [-0.4, -0.2) is 20.0 Å². The second-order valence-corrected chi connectivity index (χ2v) is 5.50. The van der Waals surface area contributed by atoms with Gasteiger partial charge in [0.05, 0.1) is 37.3 Å². The summed E-state index contributed by atoms with van der Waals surface area (Å²) < 4.78 is 10.5. The fourth-order valence-electron chi connectivity index (χ4n) is 2.21. The summed E-state index contributed by atoms with van der Waals surface area (Å²) in [6.07, 6.45) is 0.0415. The van der Waals surface area contributed by atoms with E-state index in [2.05, 4.69) is 0 Å². The average Bonchev–Trinajstić information content (AvgIpc) is 2.53. The lowest BCUT2D eigenvalue weighted by atomic mass is 9.95. The van der Waals surface area contributed by atoms with Crippen LogP contribution in [0, 0.1) is 11.3 Å². The zero-order chi connectivity index (χ0) is 17.0. The van der Waals surface area contributed by atoms with Crippen LogP contribution in [0.1, 0.15) is 21.5 Å². The first kappa shape index (κ1) is 17.1. The summed E-state index contributed by atoms with van der Waals surface area (Å²) in [6.45, 7) is 0. The highest BCUT2D eigenvalue weighted by atomic mass is 35.5. The smallest absolute Gasteiger partial charge is 0.198 e. The van der Waals surface area contributed by atoms with Crippen LogP contribution in [0.15, 0.2) is 30.3 Å². The fraction of sp³-hybridized carbons (Fsp3) is 0.176. The summed E-state index contributed by atoms with van der Waals surface area (Å²) in [5.74, 6) is 0.493. The Morgan fingerprint density at radius 2 is 1.91 bits per heavy atom. The number of carbonyl (C=O) groups excluding carboxylic acids is 1. The van der Waals surface area contributed by atoms with E-state index in [0.29, 0.717) is 33.2 Å². The Kier molecular flexibility index (Phi) is 5.49. The van der Waals surface area contributed by atoms with Crippen LogP contribution in [0.5, 0.6) is 11.5 Å². The number of rotatable bonds is 5. The number of ether oxygens (including phenoxy) is 2. The molecule has 2 rings (SSSR count). The van der Waals surface area contributed by atoms with Gasteiger partial charge in [0, 0.05) is 16.7 Å². The first-order chi connectivity index (χ1) is 11.0. The number of benzene rings is 2. The van der Waals surface area contributed by atoms with Crippen LogP contribution in [0.2, 0.25) is 10.0 Å². The fourth-order valence-corrected chi connectivity index (χ4v) is 2.71. The molecule has 0 unspecified atom stereocenters. The molecule has 6 heteroatoms. The van der Waals surface area contributed by atoms with E-state index < -0.39 is 0 Å². The van der Waals surface area contributed by atoms with Crippen LogP contribution in [-0.2, 0) is 6.42 Å². The minimum absolute atomic E-state index is 0.0415. The quantitative estimate of drug-likeness (QED) is 0.754. The van der Waals surface area contributed by atoms with E-state index in [9.17, 15) is 4.79 Å². The Morgan fingerprint density at radius 1 is 1.17 bits per heavy atom. The highest BCUT2D eigenvalue weighted by Gasteiger charge is 2.22. The third-order valence-corrected chi connectivity index (χ3v) is 3.83. The SMILES string of the molecule is COc1cc(CC#N)c(C(=O)c2ccc(Cl)cc2Cl)c(OC)c1. The summed E-state index contributed by atoms with van der Waals surface area (Å²) in [5.41, 5.74) is 1.09. The number of halogens is 2. The summed E-state index contributed by atoms with van der Waals surface area (Å²) in [7, 11) is 2.95. The van der Waals surface area contributed by atoms with E-state index in [-0.39, 0.29) is 17.2 Å². The highest BCUT2D eigenvalue weighted by Crippen LogP contribution is 2.33. The van der Waals surface area contributed by atoms with E-state index in [1.807, 2.05) is 6.07 Å². The Labute approximate surface area is 144 Å². The second-order valence-electron chi connectivity index (χ2n) is 4.65. The normalized spacial score (nSPS) is 10.0. The number of hydrogen-bond donors (Lipinski definition) is 0. The van der Waals surface area contributed by atoms with Gasteiger partial charge in [0.1, 0.15) is 11.5 Å². The first-order valence-electron chi connectivity index (χ1n) is 6.63. The van der Waals surface area contributed by atoms with Gasteiger partial charge >= 0.3 is 0 Å². The van der Waals surface area contributed by atoms with Crippen molar-refractivity contribution < 1.29 is 14.3 Å². The molecule has 0 saturated carbocycles. The molecule has 0 heterocycles. The third-order valence-electron chi connectivity index (χ3n) is 3.29. The number of methoxy groups -OCH3 is 2. The first-order valence-corrected chi connectivity index (χ1v) is 7.39. The molecule has 0 bridgehead atoms. The van der Waals surface area contributed by atoms with E-state index in [1.165, 1.54) is 20.3 Å². The number of nitrogens with zero attached hydrogens (tertiary/aromatic N) is 1. The number of carbonyl (C=O) groups is 1. The minimum Gasteiger partial charge on any atom is -0.497 e. The molecule has 0 atom stereocenters. The van der Waals surface area contributed by atoms with Gasteiger partial charge in [-0.15, -0.1) is 0 Å². The Hall–Kier alpha value is -2.22. The molecule has 0 fully saturated rings. The van der Waals surface area contributed by atoms with Crippen molar-refractivity contribution in [2.24, 2.45) is 0 Å². The molecule has 118 valence electrons. The molecule has 0 aliphatic rings. The monoisotopic (exact) mass is 349 g/mol. The van der Waals surface area contributed by atoms with E-state index in [1.54, 1.807) is 24.3 Å². The zero-order valence-electron chi connectivity index (χ0n) is 12.5. The highest BCUT2D eigenvalue weighted by molar-refractivity contribution is 6.37. The van der Waals surface area contributed by atoms with Crippen LogP contribution < -0.4 is 9.47 Å². The van der Waals surface area contributed by atoms with Crippen molar-refractivity contribution in [3.8, 4) is 17.6 Å². The van der Waals surface area contributed by atoms with Crippen molar-refractivity contribution in [3.63, 3.8) is 0 Å². The molecule has 2 aromatic rings. The van der Waals surface area contributed by atoms with Crippen LogP contribution in [0.25, 0.3) is 0 Å². The molecule has 0 aliphatic carbocycles. The maximum atomic E-state index is 12.9. The lowest BCUT2D eigenvalue weighted by Crippen LogP contribution is -2.09. The number of hydrogen-bond acceptors (Lipinski definition) is 4. The van der Waals surface area contributed by atoms with Gasteiger partial charge in [0.15, 0.2) is 5.78 Å². The Balaban J connectivity index is 2.65. The minimum atomic E-state index is -0.337. The van der Waals surface area contributed by atoms with Crippen molar-refractivity contribution in [1.82, 2.24) is 0 Å². The summed E-state index contributed by atoms with van der Waals surface area (Å²) in [4.78, 5) is 12.9. The van der Waals surface area contributed by atoms with E-state index in [4.69, 9.17) is 37.9 Å². The summed E-state index contributed by atoms with van der Waals surface area (Å²) >= 11 is 12.0. The maximum absolute atomic E-state index is 12.9. The van der Waals surface area contributed by atoms with Gasteiger partial charge in [-0.1, -0.05) is 23.2 Å². The van der Waals surface area contributed by atoms with Gasteiger partial charge in [0.25, 0.3) is 0 Å². The second kappa shape index (κ2) is 7.36. The molecular formula is C17H13Cl2NO3. The van der Waals surface area contributed by atoms with Gasteiger partial charge in [-0.05, 0) is 29.8 Å². The molecule has 0 saturated heterocycles. The van der Waals surface area contributed by atoms with Crippen molar-refractivity contribution in [3.05, 3.63) is 57.1 Å². The predicted octanol–water partition coefficient (Wildman–Crippen LogP) is 4.31. The predicted molar refractivity (Wildman–Crippen MR) is 88.8 cm³/mol. The largest absolute Gasteiger partial charge is 0.497 e.